The lowest BCUT2D eigenvalue weighted by atomic mass is 9.85. The number of nitrogens with zero attached hydrogens (tertiary/aromatic N) is 2. The highest BCUT2D eigenvalue weighted by Crippen LogP contribution is 2.38. The highest BCUT2D eigenvalue weighted by atomic mass is 15.2. The van der Waals surface area contributed by atoms with Gasteiger partial charge in [-0.15, -0.1) is 0 Å². The average molecular weight is 259 g/mol. The molecule has 0 aromatic carbocycles. The summed E-state index contributed by atoms with van der Waals surface area (Å²) in [7, 11) is 0. The van der Waals surface area contributed by atoms with Crippen molar-refractivity contribution in [3.8, 4) is 0 Å². The first kappa shape index (κ1) is 12.8. The molecule has 1 aliphatic heterocycles. The van der Waals surface area contributed by atoms with E-state index in [-0.39, 0.29) is 0 Å². The third-order valence-electron chi connectivity index (χ3n) is 4.59. The number of hydrogen-bond acceptors (Lipinski definition) is 3. The SMILES string of the molecule is CCCNc1cccc(N2CCC3CCCCC32)n1. The molecule has 1 aromatic rings. The van der Waals surface area contributed by atoms with E-state index in [4.69, 9.17) is 4.98 Å². The monoisotopic (exact) mass is 259 g/mol. The molecule has 0 amide bonds. The number of aromatic nitrogens is 1. The van der Waals surface area contributed by atoms with Crippen LogP contribution in [0.25, 0.3) is 0 Å². The Kier molecular flexibility index (Phi) is 3.90. The second-order valence-electron chi connectivity index (χ2n) is 5.90. The molecule has 2 atom stereocenters. The molecule has 1 N–H and O–H groups in total. The Morgan fingerprint density at radius 3 is 3.05 bits per heavy atom. The lowest BCUT2D eigenvalue weighted by Crippen LogP contribution is -2.35. The molecule has 2 unspecified atom stereocenters. The number of hydrogen-bond donors (Lipinski definition) is 1. The Balaban J connectivity index is 1.74. The molecule has 3 heteroatoms. The van der Waals surface area contributed by atoms with Gasteiger partial charge in [0.1, 0.15) is 11.6 Å². The fraction of sp³-hybridized carbons (Fsp3) is 0.688. The van der Waals surface area contributed by atoms with Gasteiger partial charge in [-0.1, -0.05) is 25.8 Å². The van der Waals surface area contributed by atoms with Gasteiger partial charge in [-0.05, 0) is 43.7 Å². The second-order valence-corrected chi connectivity index (χ2v) is 5.90. The summed E-state index contributed by atoms with van der Waals surface area (Å²) in [5.41, 5.74) is 0. The second kappa shape index (κ2) is 5.81. The van der Waals surface area contributed by atoms with Crippen LogP contribution in [0, 0.1) is 5.92 Å². The van der Waals surface area contributed by atoms with E-state index in [2.05, 4.69) is 35.3 Å². The summed E-state index contributed by atoms with van der Waals surface area (Å²) < 4.78 is 0. The van der Waals surface area contributed by atoms with Gasteiger partial charge in [0, 0.05) is 19.1 Å². The van der Waals surface area contributed by atoms with Crippen molar-refractivity contribution in [3.05, 3.63) is 18.2 Å². The summed E-state index contributed by atoms with van der Waals surface area (Å²) in [4.78, 5) is 7.35. The van der Waals surface area contributed by atoms with Crippen molar-refractivity contribution in [2.75, 3.05) is 23.3 Å². The maximum Gasteiger partial charge on any atom is 0.131 e. The molecule has 1 saturated heterocycles. The van der Waals surface area contributed by atoms with E-state index in [1.54, 1.807) is 0 Å². The smallest absolute Gasteiger partial charge is 0.131 e. The van der Waals surface area contributed by atoms with Crippen LogP contribution >= 0.6 is 0 Å². The minimum atomic E-state index is 0.752. The lowest BCUT2D eigenvalue weighted by molar-refractivity contribution is 0.341. The summed E-state index contributed by atoms with van der Waals surface area (Å²) in [6, 6.07) is 7.14. The third kappa shape index (κ3) is 2.70. The topological polar surface area (TPSA) is 28.2 Å². The van der Waals surface area contributed by atoms with Gasteiger partial charge in [-0.2, -0.15) is 0 Å². The zero-order chi connectivity index (χ0) is 13.1. The standard InChI is InChI=1S/C16H25N3/c1-2-11-17-15-8-5-9-16(18-15)19-12-10-13-6-3-4-7-14(13)19/h5,8-9,13-14H,2-4,6-7,10-12H2,1H3,(H,17,18). The first-order valence-corrected chi connectivity index (χ1v) is 7.86. The predicted octanol–water partition coefficient (Wildman–Crippen LogP) is 3.67. The Labute approximate surface area is 116 Å². The molecule has 3 nitrogen and oxygen atoms in total. The fourth-order valence-corrected chi connectivity index (χ4v) is 3.63. The molecule has 2 fully saturated rings. The molecule has 1 aliphatic carbocycles. The minimum absolute atomic E-state index is 0.752. The predicted molar refractivity (Wildman–Crippen MR) is 80.7 cm³/mol. The van der Waals surface area contributed by atoms with Crippen molar-refractivity contribution in [1.82, 2.24) is 4.98 Å². The van der Waals surface area contributed by atoms with E-state index in [0.29, 0.717) is 0 Å². The van der Waals surface area contributed by atoms with Crippen molar-refractivity contribution < 1.29 is 0 Å². The van der Waals surface area contributed by atoms with Gasteiger partial charge >= 0.3 is 0 Å². The van der Waals surface area contributed by atoms with Crippen LogP contribution in [-0.4, -0.2) is 24.1 Å². The van der Waals surface area contributed by atoms with E-state index in [9.17, 15) is 0 Å². The average Bonchev–Trinajstić information content (AvgIpc) is 2.89. The molecule has 19 heavy (non-hydrogen) atoms. The molecule has 3 rings (SSSR count). The Morgan fingerprint density at radius 1 is 1.26 bits per heavy atom. The quantitative estimate of drug-likeness (QED) is 0.894. The van der Waals surface area contributed by atoms with Crippen LogP contribution in [0.2, 0.25) is 0 Å². The Morgan fingerprint density at radius 2 is 2.16 bits per heavy atom. The summed E-state index contributed by atoms with van der Waals surface area (Å²) in [5, 5.41) is 3.39. The molecule has 0 radical (unpaired) electrons. The summed E-state index contributed by atoms with van der Waals surface area (Å²) in [6.45, 7) is 4.38. The molecule has 0 bridgehead atoms. The van der Waals surface area contributed by atoms with Gasteiger partial charge in [0.15, 0.2) is 0 Å². The van der Waals surface area contributed by atoms with Crippen LogP contribution in [0.1, 0.15) is 45.4 Å². The van der Waals surface area contributed by atoms with Crippen LogP contribution < -0.4 is 10.2 Å². The largest absolute Gasteiger partial charge is 0.370 e. The van der Waals surface area contributed by atoms with E-state index in [0.717, 1.165) is 30.7 Å². The fourth-order valence-electron chi connectivity index (χ4n) is 3.63. The number of anilines is 2. The first-order valence-electron chi connectivity index (χ1n) is 7.86. The number of fused-ring (bicyclic) bond motifs is 1. The van der Waals surface area contributed by atoms with Crippen LogP contribution in [-0.2, 0) is 0 Å². The lowest BCUT2D eigenvalue weighted by Gasteiger charge is -2.32. The summed E-state index contributed by atoms with van der Waals surface area (Å²) in [6.07, 6.45) is 8.11. The maximum absolute atomic E-state index is 4.80. The molecule has 2 aliphatic rings. The van der Waals surface area contributed by atoms with Crippen molar-refractivity contribution in [2.24, 2.45) is 5.92 Å². The highest BCUT2D eigenvalue weighted by Gasteiger charge is 2.36. The van der Waals surface area contributed by atoms with Crippen molar-refractivity contribution in [1.29, 1.82) is 0 Å². The molecule has 1 aromatic heterocycles. The van der Waals surface area contributed by atoms with Crippen molar-refractivity contribution in [3.63, 3.8) is 0 Å². The van der Waals surface area contributed by atoms with Crippen molar-refractivity contribution in [2.45, 2.75) is 51.5 Å². The molecule has 104 valence electrons. The van der Waals surface area contributed by atoms with Crippen LogP contribution in [0.15, 0.2) is 18.2 Å². The zero-order valence-electron chi connectivity index (χ0n) is 11.9. The van der Waals surface area contributed by atoms with Gasteiger partial charge < -0.3 is 10.2 Å². The van der Waals surface area contributed by atoms with Gasteiger partial charge in [-0.3, -0.25) is 0 Å². The molecular weight excluding hydrogens is 234 g/mol. The van der Waals surface area contributed by atoms with Crippen LogP contribution in [0.4, 0.5) is 11.6 Å². The minimum Gasteiger partial charge on any atom is -0.370 e. The number of rotatable bonds is 4. The maximum atomic E-state index is 4.80. The molecule has 2 heterocycles. The van der Waals surface area contributed by atoms with E-state index in [1.807, 2.05) is 0 Å². The van der Waals surface area contributed by atoms with Gasteiger partial charge in [-0.25, -0.2) is 4.98 Å². The Hall–Kier alpha value is -1.25. The normalized spacial score (nSPS) is 26.3. The summed E-state index contributed by atoms with van der Waals surface area (Å²) in [5.74, 6) is 3.12. The number of nitrogens with one attached hydrogen (secondary N) is 1. The molecule has 0 spiro atoms. The van der Waals surface area contributed by atoms with Gasteiger partial charge in [0.05, 0.1) is 0 Å². The molecular formula is C16H25N3. The third-order valence-corrected chi connectivity index (χ3v) is 4.59. The van der Waals surface area contributed by atoms with Crippen molar-refractivity contribution >= 4 is 11.6 Å². The van der Waals surface area contributed by atoms with Crippen LogP contribution in [0.5, 0.6) is 0 Å². The van der Waals surface area contributed by atoms with Gasteiger partial charge in [0.2, 0.25) is 0 Å². The first-order chi connectivity index (χ1) is 9.38. The van der Waals surface area contributed by atoms with Gasteiger partial charge in [0.25, 0.3) is 0 Å². The highest BCUT2D eigenvalue weighted by molar-refractivity contribution is 5.48. The van der Waals surface area contributed by atoms with E-state index >= 15 is 0 Å². The number of pyridine rings is 1. The van der Waals surface area contributed by atoms with E-state index in [1.165, 1.54) is 44.5 Å². The zero-order valence-corrected chi connectivity index (χ0v) is 11.9. The van der Waals surface area contributed by atoms with E-state index < -0.39 is 0 Å². The summed E-state index contributed by atoms with van der Waals surface area (Å²) >= 11 is 0. The molecule has 1 saturated carbocycles. The Bertz CT molecular complexity index is 418. The van der Waals surface area contributed by atoms with Crippen LogP contribution in [0.3, 0.4) is 0 Å².